The van der Waals surface area contributed by atoms with Crippen LogP contribution >= 0.6 is 35.0 Å². The summed E-state index contributed by atoms with van der Waals surface area (Å²) in [5, 5.41) is 23.5. The number of anilines is 1. The van der Waals surface area contributed by atoms with Crippen LogP contribution in [-0.2, 0) is 11.3 Å². The second kappa shape index (κ2) is 9.25. The highest BCUT2D eigenvalue weighted by Gasteiger charge is 2.18. The zero-order chi connectivity index (χ0) is 21.0. The molecule has 0 fully saturated rings. The number of hydrogen-bond acceptors (Lipinski definition) is 6. The Morgan fingerprint density at radius 2 is 1.86 bits per heavy atom. The van der Waals surface area contributed by atoms with E-state index in [2.05, 4.69) is 15.5 Å². The zero-order valence-electron chi connectivity index (χ0n) is 15.1. The fourth-order valence-electron chi connectivity index (χ4n) is 2.57. The minimum Gasteiger partial charge on any atom is -0.320 e. The van der Waals surface area contributed by atoms with Gasteiger partial charge < -0.3 is 9.88 Å². The molecule has 0 saturated heterocycles. The molecule has 29 heavy (non-hydrogen) atoms. The van der Waals surface area contributed by atoms with E-state index in [1.807, 2.05) is 23.6 Å². The number of benzene rings is 2. The van der Waals surface area contributed by atoms with Crippen LogP contribution in [0.15, 0.2) is 47.6 Å². The lowest BCUT2D eigenvalue weighted by molar-refractivity contribution is -0.383. The molecule has 0 aliphatic rings. The molecule has 0 unspecified atom stereocenters. The number of halogens is 2. The van der Waals surface area contributed by atoms with E-state index in [0.29, 0.717) is 22.5 Å². The van der Waals surface area contributed by atoms with E-state index in [4.69, 9.17) is 23.2 Å². The van der Waals surface area contributed by atoms with Crippen LogP contribution in [0.1, 0.15) is 6.92 Å². The largest absolute Gasteiger partial charge is 0.320 e. The van der Waals surface area contributed by atoms with Gasteiger partial charge in [-0.05, 0) is 43.3 Å². The Bertz CT molecular complexity index is 1060. The van der Waals surface area contributed by atoms with E-state index in [1.54, 1.807) is 12.1 Å². The summed E-state index contributed by atoms with van der Waals surface area (Å²) in [5.41, 5.74) is 0.679. The number of amides is 1. The summed E-state index contributed by atoms with van der Waals surface area (Å²) < 4.78 is 1.88. The van der Waals surface area contributed by atoms with E-state index in [0.717, 1.165) is 5.56 Å². The number of rotatable bonds is 7. The van der Waals surface area contributed by atoms with Gasteiger partial charge in [0.05, 0.1) is 10.7 Å². The maximum Gasteiger partial charge on any atom is 0.294 e. The molecule has 8 nitrogen and oxygen atoms in total. The maximum atomic E-state index is 12.3. The highest BCUT2D eigenvalue weighted by Crippen LogP contribution is 2.29. The average molecular weight is 452 g/mol. The van der Waals surface area contributed by atoms with Crippen molar-refractivity contribution < 1.29 is 9.72 Å². The van der Waals surface area contributed by atoms with Gasteiger partial charge in [-0.15, -0.1) is 10.2 Å². The van der Waals surface area contributed by atoms with Gasteiger partial charge in [-0.25, -0.2) is 0 Å². The molecule has 1 aromatic heterocycles. The van der Waals surface area contributed by atoms with E-state index in [-0.39, 0.29) is 22.2 Å². The molecule has 1 N–H and O–H groups in total. The van der Waals surface area contributed by atoms with E-state index in [1.165, 1.54) is 30.0 Å². The fourth-order valence-corrected chi connectivity index (χ4v) is 3.67. The van der Waals surface area contributed by atoms with Gasteiger partial charge in [-0.1, -0.05) is 35.0 Å². The summed E-state index contributed by atoms with van der Waals surface area (Å²) >= 11 is 12.9. The minimum absolute atomic E-state index is 0.0124. The number of hydrogen-bond donors (Lipinski definition) is 1. The second-order valence-electron chi connectivity index (χ2n) is 5.81. The molecular weight excluding hydrogens is 437 g/mol. The highest BCUT2D eigenvalue weighted by atomic mass is 35.5. The van der Waals surface area contributed by atoms with Crippen molar-refractivity contribution in [3.63, 3.8) is 0 Å². The SMILES string of the molecule is CCn1c(SCC(=O)Nc2ccc(Cl)cc2[N+](=O)[O-])nnc1-c1ccc(Cl)cc1. The minimum atomic E-state index is -0.596. The third-order valence-corrected chi connectivity index (χ3v) is 5.35. The molecule has 0 aliphatic carbocycles. The van der Waals surface area contributed by atoms with Crippen molar-refractivity contribution in [3.8, 4) is 11.4 Å². The number of nitrogens with zero attached hydrogens (tertiary/aromatic N) is 4. The Balaban J connectivity index is 1.71. The van der Waals surface area contributed by atoms with E-state index >= 15 is 0 Å². The summed E-state index contributed by atoms with van der Waals surface area (Å²) in [4.78, 5) is 22.8. The molecule has 3 rings (SSSR count). The van der Waals surface area contributed by atoms with Crippen molar-refractivity contribution in [1.82, 2.24) is 14.8 Å². The maximum absolute atomic E-state index is 12.3. The second-order valence-corrected chi connectivity index (χ2v) is 7.63. The van der Waals surface area contributed by atoms with Crippen LogP contribution in [0, 0.1) is 10.1 Å². The molecule has 3 aromatic rings. The monoisotopic (exact) mass is 451 g/mol. The lowest BCUT2D eigenvalue weighted by Gasteiger charge is -2.08. The summed E-state index contributed by atoms with van der Waals surface area (Å²) in [7, 11) is 0. The molecule has 1 amide bonds. The summed E-state index contributed by atoms with van der Waals surface area (Å²) in [6.07, 6.45) is 0. The number of nitro benzene ring substituents is 1. The van der Waals surface area contributed by atoms with Gasteiger partial charge in [-0.2, -0.15) is 0 Å². The molecule has 0 aliphatic heterocycles. The van der Waals surface area contributed by atoms with Gasteiger partial charge in [0.25, 0.3) is 5.69 Å². The molecule has 0 saturated carbocycles. The Labute approximate surface area is 180 Å². The third kappa shape index (κ3) is 5.06. The molecular formula is C18H15Cl2N5O3S. The molecule has 0 spiro atoms. The first kappa shape index (κ1) is 21.1. The molecule has 1 heterocycles. The Kier molecular flexibility index (Phi) is 6.73. The van der Waals surface area contributed by atoms with Crippen LogP contribution in [0.2, 0.25) is 10.0 Å². The number of nitro groups is 1. The average Bonchev–Trinajstić information content (AvgIpc) is 3.11. The van der Waals surface area contributed by atoms with Gasteiger partial charge >= 0.3 is 0 Å². The topological polar surface area (TPSA) is 103 Å². The fraction of sp³-hybridized carbons (Fsp3) is 0.167. The molecule has 0 atom stereocenters. The Hall–Kier alpha value is -2.62. The van der Waals surface area contributed by atoms with Crippen LogP contribution in [0.3, 0.4) is 0 Å². The van der Waals surface area contributed by atoms with Crippen LogP contribution in [-0.4, -0.2) is 31.3 Å². The predicted octanol–water partition coefficient (Wildman–Crippen LogP) is 4.91. The van der Waals surface area contributed by atoms with Crippen molar-refractivity contribution in [2.45, 2.75) is 18.6 Å². The van der Waals surface area contributed by atoms with Crippen LogP contribution in [0.25, 0.3) is 11.4 Å². The molecule has 0 bridgehead atoms. The smallest absolute Gasteiger partial charge is 0.294 e. The van der Waals surface area contributed by atoms with Crippen molar-refractivity contribution in [2.24, 2.45) is 0 Å². The quantitative estimate of drug-likeness (QED) is 0.310. The standard InChI is InChI=1S/C18H15Cl2N5O3S/c1-2-24-17(11-3-5-12(19)6-4-11)22-23-18(24)29-10-16(26)21-14-8-7-13(20)9-15(14)25(27)28/h3-9H,2,10H2,1H3,(H,21,26). The predicted molar refractivity (Wildman–Crippen MR) is 114 cm³/mol. The van der Waals surface area contributed by atoms with E-state index in [9.17, 15) is 14.9 Å². The first-order chi connectivity index (χ1) is 13.9. The van der Waals surface area contributed by atoms with Crippen molar-refractivity contribution in [3.05, 3.63) is 62.6 Å². The third-order valence-electron chi connectivity index (χ3n) is 3.90. The van der Waals surface area contributed by atoms with Crippen LogP contribution in [0.4, 0.5) is 11.4 Å². The molecule has 11 heteroatoms. The van der Waals surface area contributed by atoms with Gasteiger partial charge in [0.1, 0.15) is 5.69 Å². The van der Waals surface area contributed by atoms with Crippen molar-refractivity contribution in [1.29, 1.82) is 0 Å². The summed E-state index contributed by atoms with van der Waals surface area (Å²) in [6.45, 7) is 2.56. The van der Waals surface area contributed by atoms with Gasteiger partial charge in [0.2, 0.25) is 5.91 Å². The summed E-state index contributed by atoms with van der Waals surface area (Å²) in [6, 6.07) is 11.3. The van der Waals surface area contributed by atoms with Crippen molar-refractivity contribution >= 4 is 52.2 Å². The first-order valence-corrected chi connectivity index (χ1v) is 10.2. The first-order valence-electron chi connectivity index (χ1n) is 8.44. The Morgan fingerprint density at radius 1 is 1.17 bits per heavy atom. The van der Waals surface area contributed by atoms with E-state index < -0.39 is 10.8 Å². The number of carbonyl (C=O) groups is 1. The molecule has 0 radical (unpaired) electrons. The lowest BCUT2D eigenvalue weighted by atomic mass is 10.2. The van der Waals surface area contributed by atoms with Gasteiger partial charge in [0.15, 0.2) is 11.0 Å². The molecule has 2 aromatic carbocycles. The normalized spacial score (nSPS) is 10.7. The Morgan fingerprint density at radius 3 is 2.52 bits per heavy atom. The highest BCUT2D eigenvalue weighted by molar-refractivity contribution is 7.99. The number of thioether (sulfide) groups is 1. The van der Waals surface area contributed by atoms with Gasteiger partial charge in [-0.3, -0.25) is 14.9 Å². The number of nitrogens with one attached hydrogen (secondary N) is 1. The van der Waals surface area contributed by atoms with Crippen LogP contribution < -0.4 is 5.32 Å². The lowest BCUT2D eigenvalue weighted by Crippen LogP contribution is -2.15. The molecule has 150 valence electrons. The number of carbonyl (C=O) groups excluding carboxylic acids is 1. The summed E-state index contributed by atoms with van der Waals surface area (Å²) in [5.74, 6) is 0.276. The van der Waals surface area contributed by atoms with Crippen molar-refractivity contribution in [2.75, 3.05) is 11.1 Å². The zero-order valence-corrected chi connectivity index (χ0v) is 17.5. The van der Waals surface area contributed by atoms with Crippen LogP contribution in [0.5, 0.6) is 0 Å². The number of aromatic nitrogens is 3. The van der Waals surface area contributed by atoms with Gasteiger partial charge in [0, 0.05) is 28.2 Å².